The van der Waals surface area contributed by atoms with Gasteiger partial charge in [0.25, 0.3) is 17.4 Å². The van der Waals surface area contributed by atoms with Gasteiger partial charge in [0, 0.05) is 89.7 Å². The molecule has 0 radical (unpaired) electrons. The monoisotopic (exact) mass is 914 g/mol. The average Bonchev–Trinajstić information content (AvgIpc) is 3.97. The highest BCUT2D eigenvalue weighted by atomic mass is 35.5. The smallest absolute Gasteiger partial charge is 0.271 e. The quantitative estimate of drug-likeness (QED) is 0.213. The molecule has 2 aliphatic heterocycles. The van der Waals surface area contributed by atoms with E-state index >= 15 is 0 Å². The number of hydrogen-bond acceptors (Lipinski definition) is 12. The molecular weight excluding hydrogens is 872 g/mol. The van der Waals surface area contributed by atoms with E-state index in [2.05, 4.69) is 5.32 Å². The van der Waals surface area contributed by atoms with E-state index in [1.165, 1.54) is 40.5 Å². The maximum atomic E-state index is 12.7. The fourth-order valence-corrected chi connectivity index (χ4v) is 11.6. The molecule has 0 spiro atoms. The van der Waals surface area contributed by atoms with Gasteiger partial charge in [0.15, 0.2) is 24.6 Å². The largest absolute Gasteiger partial charge is 0.366 e. The fourth-order valence-electron chi connectivity index (χ4n) is 6.96. The molecule has 0 saturated carbocycles. The van der Waals surface area contributed by atoms with Crippen LogP contribution in [0.4, 0.5) is 5.69 Å². The van der Waals surface area contributed by atoms with E-state index in [4.69, 9.17) is 23.8 Å². The standard InChI is InChI=1S/C20H21N3O3S3.C11H10ClNO3S.C9H12N2OS/c1-21-15-7-4-3-6-14(15)17(18(20(21)27)29(2,25)26)22-9-11-23(12-10-22)19(24)16-8-5-13-28-16;1-13-8-6-4-3-5-7(8)9(12)10(11(13)14)17(2,15)16;12-9(8-2-1-7-13-8)11-5-3-10-4-6-11/h3-8,13H,9-12H2,1-2H3;3-6H,1-2H3;1-2,7,10H,3-6H2. The number of carbonyl (C=O) groups is 2. The van der Waals surface area contributed by atoms with Crippen LogP contribution in [0.1, 0.15) is 19.3 Å². The first-order valence-corrected chi connectivity index (χ1v) is 24.7. The van der Waals surface area contributed by atoms with E-state index in [1.54, 1.807) is 35.9 Å². The van der Waals surface area contributed by atoms with Gasteiger partial charge in [-0.1, -0.05) is 72.3 Å². The summed E-state index contributed by atoms with van der Waals surface area (Å²) in [4.78, 5) is 43.5. The number of benzene rings is 2. The van der Waals surface area contributed by atoms with Crippen molar-refractivity contribution >= 4 is 105 Å². The summed E-state index contributed by atoms with van der Waals surface area (Å²) in [6.07, 6.45) is 2.18. The second kappa shape index (κ2) is 18.5. The number of anilines is 1. The highest BCUT2D eigenvalue weighted by Gasteiger charge is 2.29. The Bertz CT molecular complexity index is 2850. The lowest BCUT2D eigenvalue weighted by molar-refractivity contribution is 0.0737. The normalized spacial score (nSPS) is 14.7. The van der Waals surface area contributed by atoms with E-state index in [0.717, 1.165) is 53.1 Å². The van der Waals surface area contributed by atoms with Crippen molar-refractivity contribution in [1.82, 2.24) is 24.3 Å². The van der Waals surface area contributed by atoms with Gasteiger partial charge in [-0.05, 0) is 35.0 Å². The maximum absolute atomic E-state index is 12.7. The second-order valence-electron chi connectivity index (χ2n) is 13.9. The molecule has 0 unspecified atom stereocenters. The molecule has 312 valence electrons. The van der Waals surface area contributed by atoms with Crippen LogP contribution in [0.5, 0.6) is 0 Å². The number of aromatic nitrogens is 2. The molecule has 0 aliphatic carbocycles. The number of sulfone groups is 2. The molecule has 19 heteroatoms. The summed E-state index contributed by atoms with van der Waals surface area (Å²) in [6.45, 7) is 5.64. The maximum Gasteiger partial charge on any atom is 0.271 e. The molecule has 0 bridgehead atoms. The minimum atomic E-state index is -3.64. The number of rotatable bonds is 5. The summed E-state index contributed by atoms with van der Waals surface area (Å²) in [6, 6.07) is 22.1. The van der Waals surface area contributed by atoms with Crippen molar-refractivity contribution in [2.45, 2.75) is 9.79 Å². The summed E-state index contributed by atoms with van der Waals surface area (Å²) in [7, 11) is -3.87. The molecule has 6 heterocycles. The van der Waals surface area contributed by atoms with Crippen LogP contribution in [0.3, 0.4) is 0 Å². The highest BCUT2D eigenvalue weighted by molar-refractivity contribution is 7.91. The Hall–Kier alpha value is -4.43. The van der Waals surface area contributed by atoms with E-state index in [1.807, 2.05) is 74.0 Å². The van der Waals surface area contributed by atoms with Gasteiger partial charge in [-0.15, -0.1) is 22.7 Å². The van der Waals surface area contributed by atoms with Crippen LogP contribution in [0, 0.1) is 4.64 Å². The van der Waals surface area contributed by atoms with Crippen molar-refractivity contribution in [1.29, 1.82) is 0 Å². The lowest BCUT2D eigenvalue weighted by Gasteiger charge is -2.37. The van der Waals surface area contributed by atoms with Crippen LogP contribution >= 0.6 is 46.5 Å². The third-order valence-electron chi connectivity index (χ3n) is 9.93. The Morgan fingerprint density at radius 1 is 0.661 bits per heavy atom. The Balaban J connectivity index is 0.000000165. The molecule has 1 N–H and O–H groups in total. The van der Waals surface area contributed by atoms with Gasteiger partial charge in [0.2, 0.25) is 0 Å². The second-order valence-corrected chi connectivity index (χ2v) is 20.5. The van der Waals surface area contributed by atoms with Gasteiger partial charge in [-0.3, -0.25) is 14.4 Å². The zero-order chi connectivity index (χ0) is 42.6. The van der Waals surface area contributed by atoms with Crippen molar-refractivity contribution in [3.8, 4) is 0 Å². The van der Waals surface area contributed by atoms with Crippen LogP contribution in [0.25, 0.3) is 21.8 Å². The molecular formula is C40H43ClN6O7S5. The number of halogens is 1. The Morgan fingerprint density at radius 3 is 1.63 bits per heavy atom. The Morgan fingerprint density at radius 2 is 1.14 bits per heavy atom. The van der Waals surface area contributed by atoms with E-state index in [-0.39, 0.29) is 26.6 Å². The third kappa shape index (κ3) is 9.64. The summed E-state index contributed by atoms with van der Waals surface area (Å²) in [5, 5.41) is 8.45. The summed E-state index contributed by atoms with van der Waals surface area (Å²) in [5.74, 6) is 0.202. The van der Waals surface area contributed by atoms with Gasteiger partial charge >= 0.3 is 0 Å². The number of para-hydroxylation sites is 2. The summed E-state index contributed by atoms with van der Waals surface area (Å²) >= 11 is 14.5. The van der Waals surface area contributed by atoms with Crippen LogP contribution in [-0.4, -0.2) is 112 Å². The summed E-state index contributed by atoms with van der Waals surface area (Å²) < 4.78 is 51.8. The van der Waals surface area contributed by atoms with Crippen molar-refractivity contribution in [3.05, 3.63) is 113 Å². The number of fused-ring (bicyclic) bond motifs is 2. The van der Waals surface area contributed by atoms with Crippen molar-refractivity contribution in [2.24, 2.45) is 14.1 Å². The molecule has 13 nitrogen and oxygen atoms in total. The van der Waals surface area contributed by atoms with Crippen LogP contribution < -0.4 is 15.8 Å². The molecule has 2 fully saturated rings. The van der Waals surface area contributed by atoms with Gasteiger partial charge in [-0.25, -0.2) is 16.8 Å². The van der Waals surface area contributed by atoms with Gasteiger partial charge in [-0.2, -0.15) is 0 Å². The minimum Gasteiger partial charge on any atom is -0.366 e. The molecule has 59 heavy (non-hydrogen) atoms. The molecule has 8 rings (SSSR count). The van der Waals surface area contributed by atoms with Crippen LogP contribution in [0.15, 0.2) is 98.1 Å². The van der Waals surface area contributed by atoms with Crippen LogP contribution in [-0.2, 0) is 33.8 Å². The number of pyridine rings is 2. The van der Waals surface area contributed by atoms with Crippen LogP contribution in [0.2, 0.25) is 5.02 Å². The predicted molar refractivity (Wildman–Crippen MR) is 240 cm³/mol. The topological polar surface area (TPSA) is 151 Å². The minimum absolute atomic E-state index is 0.00815. The van der Waals surface area contributed by atoms with Gasteiger partial charge in [0.1, 0.15) is 9.54 Å². The predicted octanol–water partition coefficient (Wildman–Crippen LogP) is 5.72. The molecule has 2 aromatic carbocycles. The molecule has 0 atom stereocenters. The van der Waals surface area contributed by atoms with Gasteiger partial charge in [0.05, 0.1) is 31.5 Å². The van der Waals surface area contributed by atoms with E-state index in [0.29, 0.717) is 47.4 Å². The van der Waals surface area contributed by atoms with E-state index in [9.17, 15) is 31.2 Å². The number of hydrogen-bond donors (Lipinski definition) is 1. The summed E-state index contributed by atoms with van der Waals surface area (Å²) in [5.41, 5.74) is 1.54. The number of amides is 2. The number of thiophene rings is 2. The zero-order valence-electron chi connectivity index (χ0n) is 32.8. The van der Waals surface area contributed by atoms with Crippen molar-refractivity contribution in [2.75, 3.05) is 69.8 Å². The highest BCUT2D eigenvalue weighted by Crippen LogP contribution is 2.36. The Kier molecular flexibility index (Phi) is 13.8. The van der Waals surface area contributed by atoms with Gasteiger partial charge < -0.3 is 29.2 Å². The van der Waals surface area contributed by atoms with E-state index < -0.39 is 25.2 Å². The molecule has 4 aromatic heterocycles. The average molecular weight is 916 g/mol. The number of nitrogens with zero attached hydrogens (tertiary/aromatic N) is 5. The molecule has 6 aromatic rings. The third-order valence-corrected chi connectivity index (χ3v) is 15.0. The first kappa shape index (κ1) is 44.1. The van der Waals surface area contributed by atoms with Crippen molar-refractivity contribution < 1.29 is 26.4 Å². The SMILES string of the molecule is Cn1c(=O)c(S(C)(=O)=O)c(Cl)c2ccccc21.Cn1c(=S)c(S(C)(=O)=O)c(N2CCN(C(=O)c3cccs3)CC2)c2ccccc21.O=C(c1cccs1)N1CCNCC1. The zero-order valence-corrected chi connectivity index (χ0v) is 37.6. The number of aryl methyl sites for hydroxylation is 2. The Labute approximate surface area is 360 Å². The number of carbonyl (C=O) groups excluding carboxylic acids is 2. The number of nitrogens with one attached hydrogen (secondary N) is 1. The molecule has 2 aliphatic rings. The first-order chi connectivity index (χ1) is 28.0. The van der Waals surface area contributed by atoms with Crippen molar-refractivity contribution in [3.63, 3.8) is 0 Å². The lowest BCUT2D eigenvalue weighted by atomic mass is 10.1. The molecule has 2 amide bonds. The molecule has 2 saturated heterocycles. The fraction of sp³-hybridized carbons (Fsp3) is 0.300. The number of piperazine rings is 2. The lowest BCUT2D eigenvalue weighted by Crippen LogP contribution is -2.49. The first-order valence-electron chi connectivity index (χ1n) is 18.4.